The highest BCUT2D eigenvalue weighted by Crippen LogP contribution is 2.38. The van der Waals surface area contributed by atoms with E-state index in [4.69, 9.17) is 0 Å². The molecule has 2 fully saturated rings. The van der Waals surface area contributed by atoms with Crippen molar-refractivity contribution in [2.24, 2.45) is 5.92 Å². The number of likely N-dealkylation sites (N-methyl/N-ethyl adjacent to an activating group) is 1. The van der Waals surface area contributed by atoms with Crippen LogP contribution in [0.2, 0.25) is 0 Å². The third-order valence-electron chi connectivity index (χ3n) is 6.37. The first-order valence-electron chi connectivity index (χ1n) is 9.73. The summed E-state index contributed by atoms with van der Waals surface area (Å²) in [7, 11) is 4.04. The minimum atomic E-state index is -0.575. The number of hydrogen-bond acceptors (Lipinski definition) is 3. The number of nitrogens with zero attached hydrogens (tertiary/aromatic N) is 2. The molecule has 1 aliphatic heterocycles. The van der Waals surface area contributed by atoms with Gasteiger partial charge in [-0.25, -0.2) is 0 Å². The van der Waals surface area contributed by atoms with Crippen molar-refractivity contribution in [1.82, 2.24) is 9.80 Å². The standard InChI is InChI=1S/C21H32N2O2/c1-22(2)21(18-10-4-3-5-11-18)14-15-23(16-19(21)24)20(25)13-12-17-8-6-7-9-17/h3-5,10-11,17,19,24H,6-9,12-16H2,1-2H3/t19-,21+/m1/s1. The zero-order chi connectivity index (χ0) is 17.9. The van der Waals surface area contributed by atoms with Crippen LogP contribution in [0.3, 0.4) is 0 Å². The molecule has 0 unspecified atom stereocenters. The number of hydrogen-bond donors (Lipinski definition) is 1. The van der Waals surface area contributed by atoms with Gasteiger partial charge in [-0.3, -0.25) is 9.69 Å². The maximum absolute atomic E-state index is 12.6. The minimum absolute atomic E-state index is 0.214. The third kappa shape index (κ3) is 3.75. The number of carbonyl (C=O) groups excluding carboxylic acids is 1. The number of likely N-dealkylation sites (tertiary alicyclic amines) is 1. The summed E-state index contributed by atoms with van der Waals surface area (Å²) >= 11 is 0. The molecule has 0 aromatic heterocycles. The Labute approximate surface area is 151 Å². The van der Waals surface area contributed by atoms with Crippen LogP contribution in [0.1, 0.15) is 50.5 Å². The van der Waals surface area contributed by atoms with Gasteiger partial charge in [-0.2, -0.15) is 0 Å². The molecule has 2 aliphatic rings. The first kappa shape index (κ1) is 18.4. The SMILES string of the molecule is CN(C)[C@]1(c2ccccc2)CCN(C(=O)CCC2CCCC2)C[C@H]1O. The zero-order valence-corrected chi connectivity index (χ0v) is 15.7. The second kappa shape index (κ2) is 7.88. The van der Waals surface area contributed by atoms with Gasteiger partial charge in [0.2, 0.25) is 5.91 Å². The molecule has 138 valence electrons. The number of carbonyl (C=O) groups is 1. The van der Waals surface area contributed by atoms with Gasteiger partial charge < -0.3 is 10.0 Å². The molecule has 0 radical (unpaired) electrons. The molecule has 1 heterocycles. The van der Waals surface area contributed by atoms with Crippen LogP contribution in [0.4, 0.5) is 0 Å². The summed E-state index contributed by atoms with van der Waals surface area (Å²) in [6.07, 6.45) is 7.06. The highest BCUT2D eigenvalue weighted by Gasteiger charge is 2.46. The van der Waals surface area contributed by atoms with E-state index in [1.54, 1.807) is 0 Å². The lowest BCUT2D eigenvalue weighted by molar-refractivity contribution is -0.141. The second-order valence-electron chi connectivity index (χ2n) is 7.98. The van der Waals surface area contributed by atoms with Gasteiger partial charge >= 0.3 is 0 Å². The first-order valence-corrected chi connectivity index (χ1v) is 9.73. The van der Waals surface area contributed by atoms with Crippen molar-refractivity contribution in [2.45, 2.75) is 56.6 Å². The molecule has 1 saturated heterocycles. The lowest BCUT2D eigenvalue weighted by Crippen LogP contribution is -2.60. The minimum Gasteiger partial charge on any atom is -0.389 e. The molecule has 1 amide bonds. The molecule has 4 heteroatoms. The average molecular weight is 344 g/mol. The maximum Gasteiger partial charge on any atom is 0.222 e. The summed E-state index contributed by atoms with van der Waals surface area (Å²) in [4.78, 5) is 16.6. The molecule has 0 spiro atoms. The van der Waals surface area contributed by atoms with Crippen molar-refractivity contribution in [2.75, 3.05) is 27.2 Å². The van der Waals surface area contributed by atoms with E-state index in [9.17, 15) is 9.90 Å². The fraction of sp³-hybridized carbons (Fsp3) is 0.667. The molecule has 25 heavy (non-hydrogen) atoms. The predicted octanol–water partition coefficient (Wildman–Crippen LogP) is 3.01. The Morgan fingerprint density at radius 2 is 1.92 bits per heavy atom. The van der Waals surface area contributed by atoms with Gasteiger partial charge in [0.25, 0.3) is 0 Å². The van der Waals surface area contributed by atoms with Crippen LogP contribution in [0, 0.1) is 5.92 Å². The number of benzene rings is 1. The lowest BCUT2D eigenvalue weighted by Gasteiger charge is -2.50. The number of amides is 1. The largest absolute Gasteiger partial charge is 0.389 e. The predicted molar refractivity (Wildman–Crippen MR) is 100 cm³/mol. The van der Waals surface area contributed by atoms with Crippen molar-refractivity contribution < 1.29 is 9.90 Å². The Kier molecular flexibility index (Phi) is 5.80. The average Bonchev–Trinajstić information content (AvgIpc) is 3.13. The van der Waals surface area contributed by atoms with Crippen molar-refractivity contribution >= 4 is 5.91 Å². The summed E-state index contributed by atoms with van der Waals surface area (Å²) in [5, 5.41) is 11.0. The first-order chi connectivity index (χ1) is 12.0. The van der Waals surface area contributed by atoms with Gasteiger partial charge in [0.1, 0.15) is 0 Å². The number of aliphatic hydroxyl groups is 1. The van der Waals surface area contributed by atoms with E-state index in [2.05, 4.69) is 17.0 Å². The van der Waals surface area contributed by atoms with Crippen LogP contribution in [0.5, 0.6) is 0 Å². The normalized spacial score (nSPS) is 27.8. The summed E-state index contributed by atoms with van der Waals surface area (Å²) < 4.78 is 0. The molecular formula is C21H32N2O2. The molecule has 3 rings (SSSR count). The Bertz CT molecular complexity index is 569. The fourth-order valence-corrected chi connectivity index (χ4v) is 4.78. The number of rotatable bonds is 5. The zero-order valence-electron chi connectivity index (χ0n) is 15.7. The monoisotopic (exact) mass is 344 g/mol. The van der Waals surface area contributed by atoms with E-state index >= 15 is 0 Å². The third-order valence-corrected chi connectivity index (χ3v) is 6.37. The number of aliphatic hydroxyl groups excluding tert-OH is 1. The molecule has 1 aliphatic carbocycles. The van der Waals surface area contributed by atoms with Crippen molar-refractivity contribution in [1.29, 1.82) is 0 Å². The lowest BCUT2D eigenvalue weighted by atomic mass is 9.77. The Morgan fingerprint density at radius 1 is 1.24 bits per heavy atom. The van der Waals surface area contributed by atoms with Crippen LogP contribution < -0.4 is 0 Å². The van der Waals surface area contributed by atoms with Gasteiger partial charge in [0, 0.05) is 19.5 Å². The summed E-state index contributed by atoms with van der Waals surface area (Å²) in [6.45, 7) is 1.14. The van der Waals surface area contributed by atoms with E-state index in [1.165, 1.54) is 25.7 Å². The van der Waals surface area contributed by atoms with E-state index in [-0.39, 0.29) is 5.91 Å². The molecule has 4 nitrogen and oxygen atoms in total. The maximum atomic E-state index is 12.6. The highest BCUT2D eigenvalue weighted by atomic mass is 16.3. The fourth-order valence-electron chi connectivity index (χ4n) is 4.78. The molecule has 1 aromatic rings. The Morgan fingerprint density at radius 3 is 2.52 bits per heavy atom. The topological polar surface area (TPSA) is 43.8 Å². The van der Waals surface area contributed by atoms with Gasteiger partial charge in [0.15, 0.2) is 0 Å². The highest BCUT2D eigenvalue weighted by molar-refractivity contribution is 5.76. The van der Waals surface area contributed by atoms with E-state index in [0.29, 0.717) is 19.5 Å². The van der Waals surface area contributed by atoms with Crippen molar-refractivity contribution in [3.8, 4) is 0 Å². The number of piperidine rings is 1. The molecule has 0 bridgehead atoms. The van der Waals surface area contributed by atoms with Crippen LogP contribution in [-0.4, -0.2) is 54.1 Å². The summed E-state index contributed by atoms with van der Waals surface area (Å²) in [5.41, 5.74) is 0.717. The summed E-state index contributed by atoms with van der Waals surface area (Å²) in [6, 6.07) is 10.2. The Balaban J connectivity index is 1.65. The van der Waals surface area contributed by atoms with Crippen LogP contribution in [0.15, 0.2) is 30.3 Å². The van der Waals surface area contributed by atoms with Crippen molar-refractivity contribution in [3.05, 3.63) is 35.9 Å². The quantitative estimate of drug-likeness (QED) is 0.893. The van der Waals surface area contributed by atoms with E-state index < -0.39 is 11.6 Å². The van der Waals surface area contributed by atoms with Gasteiger partial charge in [-0.05, 0) is 38.4 Å². The molecular weight excluding hydrogens is 312 g/mol. The van der Waals surface area contributed by atoms with Crippen LogP contribution >= 0.6 is 0 Å². The van der Waals surface area contributed by atoms with E-state index in [1.807, 2.05) is 37.2 Å². The Hall–Kier alpha value is -1.39. The number of β-amino-alcohol motifs (C(OH)–C–C–N with tert-alkyl or cyclic N) is 1. The van der Waals surface area contributed by atoms with Gasteiger partial charge in [-0.15, -0.1) is 0 Å². The summed E-state index contributed by atoms with van der Waals surface area (Å²) in [5.74, 6) is 0.954. The molecule has 1 saturated carbocycles. The smallest absolute Gasteiger partial charge is 0.222 e. The second-order valence-corrected chi connectivity index (χ2v) is 7.98. The van der Waals surface area contributed by atoms with Crippen LogP contribution in [-0.2, 0) is 10.3 Å². The van der Waals surface area contributed by atoms with Crippen molar-refractivity contribution in [3.63, 3.8) is 0 Å². The van der Waals surface area contributed by atoms with E-state index in [0.717, 1.165) is 24.3 Å². The van der Waals surface area contributed by atoms with Gasteiger partial charge in [-0.1, -0.05) is 56.0 Å². The molecule has 2 atom stereocenters. The van der Waals surface area contributed by atoms with Gasteiger partial charge in [0.05, 0.1) is 11.6 Å². The molecule has 1 aromatic carbocycles. The van der Waals surface area contributed by atoms with Crippen LogP contribution in [0.25, 0.3) is 0 Å². The molecule has 1 N–H and O–H groups in total.